The van der Waals surface area contributed by atoms with Crippen molar-refractivity contribution in [2.45, 2.75) is 19.3 Å². The molecule has 1 aliphatic heterocycles. The van der Waals surface area contributed by atoms with E-state index < -0.39 is 0 Å². The number of nitrogens with one attached hydrogen (secondary N) is 1. The first-order valence-electron chi connectivity index (χ1n) is 10.8. The summed E-state index contributed by atoms with van der Waals surface area (Å²) in [4.78, 5) is 32.3. The van der Waals surface area contributed by atoms with Crippen LogP contribution in [0.25, 0.3) is 22.0 Å². The minimum Gasteiger partial charge on any atom is -0.361 e. The number of amides is 2. The van der Waals surface area contributed by atoms with E-state index >= 15 is 0 Å². The first-order chi connectivity index (χ1) is 14.6. The van der Waals surface area contributed by atoms with Gasteiger partial charge >= 0.3 is 0 Å². The Labute approximate surface area is 176 Å². The Morgan fingerprint density at radius 2 is 1.87 bits per heavy atom. The van der Waals surface area contributed by atoms with E-state index in [1.165, 1.54) is 5.39 Å². The summed E-state index contributed by atoms with van der Waals surface area (Å²) in [5, 5.41) is 1.18. The molecule has 5 heteroatoms. The van der Waals surface area contributed by atoms with Gasteiger partial charge in [-0.1, -0.05) is 30.3 Å². The average molecular weight is 402 g/mol. The van der Waals surface area contributed by atoms with E-state index in [1.807, 2.05) is 42.4 Å². The fourth-order valence-electron chi connectivity index (χ4n) is 4.58. The maximum Gasteiger partial charge on any atom is 0.253 e. The molecule has 2 fully saturated rings. The van der Waals surface area contributed by atoms with Gasteiger partial charge in [-0.2, -0.15) is 0 Å². The fraction of sp³-hybridized carbons (Fsp3) is 0.360. The van der Waals surface area contributed by atoms with Crippen LogP contribution in [0.3, 0.4) is 0 Å². The monoisotopic (exact) mass is 401 g/mol. The lowest BCUT2D eigenvalue weighted by Gasteiger charge is -2.22. The van der Waals surface area contributed by atoms with Gasteiger partial charge in [-0.3, -0.25) is 9.59 Å². The van der Waals surface area contributed by atoms with Crippen molar-refractivity contribution in [1.82, 2.24) is 14.8 Å². The molecule has 5 nitrogen and oxygen atoms in total. The molecule has 1 aliphatic carbocycles. The normalized spacial score (nSPS) is 18.7. The van der Waals surface area contributed by atoms with Crippen molar-refractivity contribution in [3.8, 4) is 11.1 Å². The second kappa shape index (κ2) is 7.63. The number of hydrogen-bond donors (Lipinski definition) is 1. The minimum atomic E-state index is 0.0339. The molecule has 30 heavy (non-hydrogen) atoms. The predicted octanol–water partition coefficient (Wildman–Crippen LogP) is 4.17. The number of carbonyl (C=O) groups excluding carboxylic acids is 2. The summed E-state index contributed by atoms with van der Waals surface area (Å²) in [7, 11) is 1.86. The molecule has 1 N–H and O–H groups in total. The summed E-state index contributed by atoms with van der Waals surface area (Å²) in [6.45, 7) is 2.31. The molecule has 1 saturated heterocycles. The maximum absolute atomic E-state index is 12.9. The van der Waals surface area contributed by atoms with Crippen LogP contribution in [0.2, 0.25) is 0 Å². The average Bonchev–Trinajstić information content (AvgIpc) is 3.32. The van der Waals surface area contributed by atoms with Gasteiger partial charge in [0.05, 0.1) is 5.52 Å². The van der Waals surface area contributed by atoms with Crippen LogP contribution in [0.15, 0.2) is 54.7 Å². The third-order valence-corrected chi connectivity index (χ3v) is 6.43. The van der Waals surface area contributed by atoms with Gasteiger partial charge in [0.15, 0.2) is 0 Å². The zero-order valence-corrected chi connectivity index (χ0v) is 17.3. The van der Waals surface area contributed by atoms with E-state index in [2.05, 4.69) is 29.2 Å². The van der Waals surface area contributed by atoms with E-state index in [9.17, 15) is 9.59 Å². The molecular weight excluding hydrogens is 374 g/mol. The molecule has 1 saturated carbocycles. The number of benzene rings is 2. The van der Waals surface area contributed by atoms with E-state index in [0.717, 1.165) is 49.0 Å². The zero-order valence-electron chi connectivity index (χ0n) is 17.3. The van der Waals surface area contributed by atoms with Crippen molar-refractivity contribution >= 4 is 22.7 Å². The summed E-state index contributed by atoms with van der Waals surface area (Å²) >= 11 is 0. The van der Waals surface area contributed by atoms with Crippen LogP contribution in [0.5, 0.6) is 0 Å². The van der Waals surface area contributed by atoms with Crippen LogP contribution in [-0.4, -0.2) is 53.3 Å². The van der Waals surface area contributed by atoms with Crippen molar-refractivity contribution in [3.63, 3.8) is 0 Å². The van der Waals surface area contributed by atoms with Gasteiger partial charge in [0.1, 0.15) is 0 Å². The largest absolute Gasteiger partial charge is 0.361 e. The van der Waals surface area contributed by atoms with Gasteiger partial charge in [-0.15, -0.1) is 0 Å². The SMILES string of the molecule is CN(C[C@@H]1CCN(C(=O)C2CC2)C1)C(=O)c1ccc(-c2cccc3cc[nH]c23)cc1. The number of fused-ring (bicyclic) bond motifs is 1. The Bertz CT molecular complexity index is 1080. The first kappa shape index (κ1) is 18.9. The molecule has 0 spiro atoms. The van der Waals surface area contributed by atoms with Crippen LogP contribution in [0.4, 0.5) is 0 Å². The van der Waals surface area contributed by atoms with Gasteiger partial charge in [0.25, 0.3) is 5.91 Å². The third kappa shape index (κ3) is 3.60. The van der Waals surface area contributed by atoms with Crippen LogP contribution < -0.4 is 0 Å². The van der Waals surface area contributed by atoms with Crippen molar-refractivity contribution < 1.29 is 9.59 Å². The molecule has 154 valence electrons. The van der Waals surface area contributed by atoms with Crippen LogP contribution in [-0.2, 0) is 4.79 Å². The van der Waals surface area contributed by atoms with Gasteiger partial charge < -0.3 is 14.8 Å². The highest BCUT2D eigenvalue weighted by atomic mass is 16.2. The highest BCUT2D eigenvalue weighted by Gasteiger charge is 2.36. The molecule has 0 radical (unpaired) electrons. The second-order valence-corrected chi connectivity index (χ2v) is 8.72. The Hall–Kier alpha value is -3.08. The Balaban J connectivity index is 1.24. The summed E-state index contributed by atoms with van der Waals surface area (Å²) in [5.41, 5.74) is 4.03. The van der Waals surface area contributed by atoms with E-state index in [0.29, 0.717) is 23.9 Å². The van der Waals surface area contributed by atoms with Gasteiger partial charge in [-0.05, 0) is 54.3 Å². The second-order valence-electron chi connectivity index (χ2n) is 8.72. The standard InChI is InChI=1S/C25H27N3O2/c1-27(15-17-12-14-28(16-17)25(30)21-9-10-21)24(29)20-7-5-18(6-8-20)22-4-2-3-19-11-13-26-23(19)22/h2-8,11,13,17,21,26H,9-10,12,14-16H2,1H3/t17-/m0/s1. The van der Waals surface area contributed by atoms with E-state index in [1.54, 1.807) is 4.90 Å². The Morgan fingerprint density at radius 3 is 2.63 bits per heavy atom. The Kier molecular flexibility index (Phi) is 4.81. The molecule has 1 aromatic heterocycles. The smallest absolute Gasteiger partial charge is 0.253 e. The number of para-hydroxylation sites is 1. The number of carbonyl (C=O) groups is 2. The van der Waals surface area contributed by atoms with Crippen LogP contribution >= 0.6 is 0 Å². The van der Waals surface area contributed by atoms with E-state index in [-0.39, 0.29) is 11.8 Å². The molecule has 0 unspecified atom stereocenters. The lowest BCUT2D eigenvalue weighted by molar-refractivity contribution is -0.131. The summed E-state index contributed by atoms with van der Waals surface area (Å²) < 4.78 is 0. The number of aromatic amines is 1. The molecule has 5 rings (SSSR count). The predicted molar refractivity (Wildman–Crippen MR) is 118 cm³/mol. The van der Waals surface area contributed by atoms with Gasteiger partial charge in [0.2, 0.25) is 5.91 Å². The summed E-state index contributed by atoms with van der Waals surface area (Å²) in [5.74, 6) is 0.996. The third-order valence-electron chi connectivity index (χ3n) is 6.43. The number of rotatable bonds is 5. The molecule has 3 aromatic rings. The minimum absolute atomic E-state index is 0.0339. The molecule has 2 aromatic carbocycles. The summed E-state index contributed by atoms with van der Waals surface area (Å²) in [6, 6.07) is 16.2. The lowest BCUT2D eigenvalue weighted by atomic mass is 10.0. The highest BCUT2D eigenvalue weighted by Crippen LogP contribution is 2.33. The number of nitrogens with zero attached hydrogens (tertiary/aromatic N) is 2. The molecule has 2 heterocycles. The quantitative estimate of drug-likeness (QED) is 0.698. The zero-order chi connectivity index (χ0) is 20.7. The van der Waals surface area contributed by atoms with Crippen molar-refractivity contribution in [1.29, 1.82) is 0 Å². The summed E-state index contributed by atoms with van der Waals surface area (Å²) in [6.07, 6.45) is 5.03. The van der Waals surface area contributed by atoms with Crippen LogP contribution in [0.1, 0.15) is 29.6 Å². The van der Waals surface area contributed by atoms with Crippen LogP contribution in [0, 0.1) is 11.8 Å². The molecule has 2 aliphatic rings. The van der Waals surface area contributed by atoms with Crippen molar-refractivity contribution in [3.05, 3.63) is 60.3 Å². The number of hydrogen-bond acceptors (Lipinski definition) is 2. The number of H-pyrrole nitrogens is 1. The van der Waals surface area contributed by atoms with Crippen molar-refractivity contribution in [2.75, 3.05) is 26.7 Å². The van der Waals surface area contributed by atoms with Gasteiger partial charge in [-0.25, -0.2) is 0 Å². The molecule has 2 amide bonds. The molecule has 1 atom stereocenters. The van der Waals surface area contributed by atoms with E-state index in [4.69, 9.17) is 0 Å². The Morgan fingerprint density at radius 1 is 1.07 bits per heavy atom. The number of likely N-dealkylation sites (tertiary alicyclic amines) is 1. The molecular formula is C25H27N3O2. The highest BCUT2D eigenvalue weighted by molar-refractivity contribution is 5.97. The lowest BCUT2D eigenvalue weighted by Crippen LogP contribution is -2.34. The van der Waals surface area contributed by atoms with Crippen molar-refractivity contribution in [2.24, 2.45) is 11.8 Å². The topological polar surface area (TPSA) is 56.4 Å². The number of aromatic nitrogens is 1. The first-order valence-corrected chi connectivity index (χ1v) is 10.8. The van der Waals surface area contributed by atoms with Gasteiger partial charge in [0, 0.05) is 49.9 Å². The molecule has 0 bridgehead atoms. The maximum atomic E-state index is 12.9. The fourth-order valence-corrected chi connectivity index (χ4v) is 4.58.